The fourth-order valence-corrected chi connectivity index (χ4v) is 5.26. The molecule has 2 aliphatic rings. The van der Waals surface area contributed by atoms with Crippen LogP contribution in [0.2, 0.25) is 0 Å². The van der Waals surface area contributed by atoms with E-state index in [0.717, 1.165) is 42.2 Å². The van der Waals surface area contributed by atoms with Gasteiger partial charge in [-0.15, -0.1) is 0 Å². The van der Waals surface area contributed by atoms with E-state index >= 15 is 0 Å². The Labute approximate surface area is 204 Å². The van der Waals surface area contributed by atoms with E-state index in [9.17, 15) is 14.4 Å². The third kappa shape index (κ3) is 5.86. The van der Waals surface area contributed by atoms with Gasteiger partial charge >= 0.3 is 0 Å². The Kier molecular flexibility index (Phi) is 7.67. The first-order valence-electron chi connectivity index (χ1n) is 11.6. The first-order chi connectivity index (χ1) is 16.4. The Balaban J connectivity index is 1.28. The van der Waals surface area contributed by atoms with Crippen LogP contribution in [0, 0.1) is 6.92 Å². The number of amides is 3. The van der Waals surface area contributed by atoms with Crippen LogP contribution in [0.15, 0.2) is 53.5 Å². The molecule has 7 nitrogen and oxygen atoms in total. The zero-order valence-electron chi connectivity index (χ0n) is 19.6. The zero-order chi connectivity index (χ0) is 24.1. The van der Waals surface area contributed by atoms with Gasteiger partial charge < -0.3 is 15.1 Å². The lowest BCUT2D eigenvalue weighted by atomic mass is 10.1. The van der Waals surface area contributed by atoms with Crippen molar-refractivity contribution in [2.75, 3.05) is 25.5 Å². The second-order valence-electron chi connectivity index (χ2n) is 8.80. The minimum Gasteiger partial charge on any atom is -0.351 e. The van der Waals surface area contributed by atoms with Crippen molar-refractivity contribution in [3.8, 4) is 0 Å². The molecule has 0 bridgehead atoms. The molecule has 0 aromatic heterocycles. The molecule has 3 amide bonds. The topological polar surface area (TPSA) is 82.1 Å². The first kappa shape index (κ1) is 24.0. The Bertz CT molecular complexity index is 1090. The standard InChI is InChI=1S/C26H30N4O3S/c1-18-8-4-5-9-20(18)17-29(2)25(33)19-10-12-21(13-11-19)27-23(31)16-22-24(32)28-26(34-22)30-14-6-3-7-15-30/h4-5,8-13,22H,3,6-7,14-17H2,1-2H3,(H,27,31)/t22-/m1/s1. The molecule has 2 aromatic carbocycles. The van der Waals surface area contributed by atoms with Gasteiger partial charge in [-0.3, -0.25) is 14.4 Å². The molecule has 0 radical (unpaired) electrons. The third-order valence-electron chi connectivity index (χ3n) is 6.16. The van der Waals surface area contributed by atoms with Gasteiger partial charge in [0.2, 0.25) is 5.91 Å². The Morgan fingerprint density at radius 2 is 1.79 bits per heavy atom. The van der Waals surface area contributed by atoms with E-state index in [1.165, 1.54) is 18.2 Å². The van der Waals surface area contributed by atoms with Crippen LogP contribution in [0.3, 0.4) is 0 Å². The van der Waals surface area contributed by atoms with Gasteiger partial charge in [0.15, 0.2) is 5.17 Å². The molecule has 2 heterocycles. The molecule has 2 aromatic rings. The van der Waals surface area contributed by atoms with Gasteiger partial charge in [0, 0.05) is 44.4 Å². The van der Waals surface area contributed by atoms with Crippen molar-refractivity contribution in [1.29, 1.82) is 0 Å². The van der Waals surface area contributed by atoms with Crippen LogP contribution >= 0.6 is 11.8 Å². The molecule has 2 aliphatic heterocycles. The summed E-state index contributed by atoms with van der Waals surface area (Å²) in [4.78, 5) is 45.6. The Hall–Kier alpha value is -3.13. The third-order valence-corrected chi connectivity index (χ3v) is 7.37. The summed E-state index contributed by atoms with van der Waals surface area (Å²) in [5.41, 5.74) is 3.40. The van der Waals surface area contributed by atoms with Crippen LogP contribution < -0.4 is 5.32 Å². The predicted octanol–water partition coefficient (Wildman–Crippen LogP) is 4.08. The van der Waals surface area contributed by atoms with Crippen molar-refractivity contribution in [3.05, 3.63) is 65.2 Å². The van der Waals surface area contributed by atoms with Crippen molar-refractivity contribution >= 4 is 40.3 Å². The lowest BCUT2D eigenvalue weighted by molar-refractivity contribution is -0.121. The number of nitrogens with zero attached hydrogens (tertiary/aromatic N) is 3. The summed E-state index contributed by atoms with van der Waals surface area (Å²) in [5, 5.41) is 3.10. The summed E-state index contributed by atoms with van der Waals surface area (Å²) in [6.07, 6.45) is 3.50. The molecule has 0 aliphatic carbocycles. The quantitative estimate of drug-likeness (QED) is 0.677. The number of hydrogen-bond acceptors (Lipinski definition) is 5. The fourth-order valence-electron chi connectivity index (χ4n) is 4.14. The van der Waals surface area contributed by atoms with E-state index in [1.54, 1.807) is 36.2 Å². The average molecular weight is 479 g/mol. The van der Waals surface area contributed by atoms with E-state index in [-0.39, 0.29) is 24.1 Å². The molecular formula is C26H30N4O3S. The summed E-state index contributed by atoms with van der Waals surface area (Å²) in [6.45, 7) is 4.40. The summed E-state index contributed by atoms with van der Waals surface area (Å²) in [7, 11) is 1.78. The first-order valence-corrected chi connectivity index (χ1v) is 12.5. The highest BCUT2D eigenvalue weighted by Gasteiger charge is 2.33. The molecule has 0 spiro atoms. The lowest BCUT2D eigenvalue weighted by Gasteiger charge is -2.27. The molecule has 1 saturated heterocycles. The molecule has 1 fully saturated rings. The van der Waals surface area contributed by atoms with Crippen LogP contribution in [0.1, 0.15) is 47.2 Å². The van der Waals surface area contributed by atoms with Crippen LogP contribution in [0.25, 0.3) is 0 Å². The number of amidine groups is 1. The normalized spacial score (nSPS) is 17.9. The number of likely N-dealkylation sites (tertiary alicyclic amines) is 1. The van der Waals surface area contributed by atoms with Crippen LogP contribution in [0.4, 0.5) is 5.69 Å². The minimum atomic E-state index is -0.479. The van der Waals surface area contributed by atoms with E-state index < -0.39 is 5.25 Å². The summed E-state index contributed by atoms with van der Waals surface area (Å²) in [5.74, 6) is -0.563. The average Bonchev–Trinajstić information content (AvgIpc) is 3.21. The number of nitrogens with one attached hydrogen (secondary N) is 1. The number of hydrogen-bond donors (Lipinski definition) is 1. The highest BCUT2D eigenvalue weighted by Crippen LogP contribution is 2.29. The molecule has 0 unspecified atom stereocenters. The minimum absolute atomic E-state index is 0.0736. The highest BCUT2D eigenvalue weighted by atomic mass is 32.2. The van der Waals surface area contributed by atoms with E-state index in [1.807, 2.05) is 31.2 Å². The number of piperidine rings is 1. The second-order valence-corrected chi connectivity index (χ2v) is 9.97. The number of carbonyl (C=O) groups is 3. The maximum Gasteiger partial charge on any atom is 0.262 e. The number of aryl methyl sites for hydroxylation is 1. The number of anilines is 1. The number of carbonyl (C=O) groups excluding carboxylic acids is 3. The largest absolute Gasteiger partial charge is 0.351 e. The zero-order valence-corrected chi connectivity index (χ0v) is 20.4. The van der Waals surface area contributed by atoms with Crippen molar-refractivity contribution in [2.24, 2.45) is 4.99 Å². The maximum absolute atomic E-state index is 12.8. The van der Waals surface area contributed by atoms with Crippen LogP contribution in [0.5, 0.6) is 0 Å². The van der Waals surface area contributed by atoms with E-state index in [2.05, 4.69) is 15.2 Å². The Morgan fingerprint density at radius 3 is 2.50 bits per heavy atom. The second kappa shape index (κ2) is 10.9. The number of rotatable bonds is 6. The summed E-state index contributed by atoms with van der Waals surface area (Å²) >= 11 is 1.39. The predicted molar refractivity (Wildman–Crippen MR) is 136 cm³/mol. The fraction of sp³-hybridized carbons (Fsp3) is 0.385. The van der Waals surface area contributed by atoms with Gasteiger partial charge in [-0.1, -0.05) is 36.0 Å². The smallest absolute Gasteiger partial charge is 0.262 e. The molecule has 4 rings (SSSR count). The number of aliphatic imine (C=N–C) groups is 1. The molecule has 178 valence electrons. The summed E-state index contributed by atoms with van der Waals surface area (Å²) < 4.78 is 0. The van der Waals surface area contributed by atoms with Gasteiger partial charge in [-0.25, -0.2) is 0 Å². The molecule has 0 saturated carbocycles. The van der Waals surface area contributed by atoms with Crippen molar-refractivity contribution < 1.29 is 14.4 Å². The molecule has 8 heteroatoms. The van der Waals surface area contributed by atoms with E-state index in [0.29, 0.717) is 17.8 Å². The monoisotopic (exact) mass is 478 g/mol. The van der Waals surface area contributed by atoms with E-state index in [4.69, 9.17) is 0 Å². The van der Waals surface area contributed by atoms with Crippen LogP contribution in [-0.4, -0.2) is 58.1 Å². The molecule has 34 heavy (non-hydrogen) atoms. The number of thioether (sulfide) groups is 1. The molecule has 1 N–H and O–H groups in total. The summed E-state index contributed by atoms with van der Waals surface area (Å²) in [6, 6.07) is 14.8. The number of benzene rings is 2. The van der Waals surface area contributed by atoms with Gasteiger partial charge in [-0.2, -0.15) is 4.99 Å². The van der Waals surface area contributed by atoms with Gasteiger partial charge in [0.1, 0.15) is 5.25 Å². The van der Waals surface area contributed by atoms with Crippen LogP contribution in [-0.2, 0) is 16.1 Å². The lowest BCUT2D eigenvalue weighted by Crippen LogP contribution is -2.33. The van der Waals surface area contributed by atoms with Gasteiger partial charge in [0.05, 0.1) is 0 Å². The SMILES string of the molecule is Cc1ccccc1CN(C)C(=O)c1ccc(NC(=O)C[C@H]2SC(N3CCCCC3)=NC2=O)cc1. The van der Waals surface area contributed by atoms with Crippen molar-refractivity contribution in [2.45, 2.75) is 44.4 Å². The Morgan fingerprint density at radius 1 is 1.09 bits per heavy atom. The van der Waals surface area contributed by atoms with Gasteiger partial charge in [0.25, 0.3) is 11.8 Å². The van der Waals surface area contributed by atoms with Gasteiger partial charge in [-0.05, 0) is 61.6 Å². The maximum atomic E-state index is 12.8. The molecular weight excluding hydrogens is 448 g/mol. The highest BCUT2D eigenvalue weighted by molar-refractivity contribution is 8.15. The van der Waals surface area contributed by atoms with Crippen molar-refractivity contribution in [3.63, 3.8) is 0 Å². The molecule has 1 atom stereocenters. The van der Waals surface area contributed by atoms with Crippen molar-refractivity contribution in [1.82, 2.24) is 9.80 Å².